The summed E-state index contributed by atoms with van der Waals surface area (Å²) in [6.07, 6.45) is 8.49. The lowest BCUT2D eigenvalue weighted by atomic mass is 9.96. The number of rotatable bonds is 7. The van der Waals surface area contributed by atoms with E-state index in [1.54, 1.807) is 11.3 Å². The highest BCUT2D eigenvalue weighted by Crippen LogP contribution is 2.40. The van der Waals surface area contributed by atoms with Crippen LogP contribution in [0.1, 0.15) is 68.7 Å². The lowest BCUT2D eigenvalue weighted by Gasteiger charge is -2.13. The zero-order chi connectivity index (χ0) is 28.9. The molecule has 1 aromatic heterocycles. The molecule has 5 heteroatoms. The molecule has 0 saturated heterocycles. The van der Waals surface area contributed by atoms with Crippen molar-refractivity contribution in [3.63, 3.8) is 0 Å². The summed E-state index contributed by atoms with van der Waals surface area (Å²) in [5.74, 6) is 0.699. The maximum atomic E-state index is 14.0. The van der Waals surface area contributed by atoms with Gasteiger partial charge in [-0.1, -0.05) is 85.6 Å². The van der Waals surface area contributed by atoms with E-state index < -0.39 is 0 Å². The summed E-state index contributed by atoms with van der Waals surface area (Å²) in [6, 6.07) is 28.8. The number of ether oxygens (including phenoxy) is 1. The van der Waals surface area contributed by atoms with Gasteiger partial charge in [0.25, 0.3) is 5.91 Å². The lowest BCUT2D eigenvalue weighted by Crippen LogP contribution is -2.15. The van der Waals surface area contributed by atoms with Gasteiger partial charge in [-0.15, -0.1) is 11.3 Å². The molecule has 1 heterocycles. The molecule has 0 aliphatic heterocycles. The van der Waals surface area contributed by atoms with Crippen LogP contribution in [0.25, 0.3) is 10.8 Å². The molecule has 4 nitrogen and oxygen atoms in total. The summed E-state index contributed by atoms with van der Waals surface area (Å²) < 4.78 is 6.35. The SMILES string of the molecule is Cc1ccc(C)c(NC(=O)c2c(N=Cc3c(OCc4ccccc4)ccc4ccccc34)sc3c2CCCCCC3)c1. The highest BCUT2D eigenvalue weighted by molar-refractivity contribution is 7.16. The third-order valence-electron chi connectivity index (χ3n) is 8.00. The molecule has 5 aromatic rings. The van der Waals surface area contributed by atoms with Crippen molar-refractivity contribution in [2.24, 2.45) is 4.99 Å². The van der Waals surface area contributed by atoms with E-state index in [-0.39, 0.29) is 5.91 Å². The first kappa shape index (κ1) is 27.9. The second kappa shape index (κ2) is 12.7. The minimum atomic E-state index is -0.0765. The molecule has 1 aliphatic rings. The van der Waals surface area contributed by atoms with Gasteiger partial charge in [0.1, 0.15) is 17.4 Å². The number of fused-ring (bicyclic) bond motifs is 2. The third kappa shape index (κ3) is 6.17. The van der Waals surface area contributed by atoms with Crippen molar-refractivity contribution in [2.45, 2.75) is 59.0 Å². The highest BCUT2D eigenvalue weighted by atomic mass is 32.1. The summed E-state index contributed by atoms with van der Waals surface area (Å²) in [4.78, 5) is 20.3. The summed E-state index contributed by atoms with van der Waals surface area (Å²) in [5, 5.41) is 6.19. The minimum absolute atomic E-state index is 0.0765. The molecule has 1 amide bonds. The fourth-order valence-electron chi connectivity index (χ4n) is 5.68. The summed E-state index contributed by atoms with van der Waals surface area (Å²) in [6.45, 7) is 4.55. The summed E-state index contributed by atoms with van der Waals surface area (Å²) >= 11 is 1.67. The molecule has 0 bridgehead atoms. The first-order chi connectivity index (χ1) is 20.6. The number of anilines is 1. The van der Waals surface area contributed by atoms with E-state index in [1.165, 1.54) is 23.3 Å². The number of aliphatic imine (C=N–C) groups is 1. The predicted molar refractivity (Wildman–Crippen MR) is 176 cm³/mol. The van der Waals surface area contributed by atoms with E-state index in [2.05, 4.69) is 47.8 Å². The number of hydrogen-bond donors (Lipinski definition) is 1. The molecular weight excluding hydrogens is 536 g/mol. The van der Waals surface area contributed by atoms with Crippen molar-refractivity contribution in [3.05, 3.63) is 123 Å². The van der Waals surface area contributed by atoms with Gasteiger partial charge in [0.05, 0.1) is 5.56 Å². The van der Waals surface area contributed by atoms with Crippen molar-refractivity contribution >= 4 is 44.9 Å². The molecule has 0 saturated carbocycles. The molecule has 42 heavy (non-hydrogen) atoms. The minimum Gasteiger partial charge on any atom is -0.488 e. The number of carbonyl (C=O) groups is 1. The van der Waals surface area contributed by atoms with Gasteiger partial charge in [-0.25, -0.2) is 4.99 Å². The van der Waals surface area contributed by atoms with E-state index in [0.717, 1.165) is 80.7 Å². The van der Waals surface area contributed by atoms with Crippen molar-refractivity contribution in [1.29, 1.82) is 0 Å². The van der Waals surface area contributed by atoms with Crippen LogP contribution in [0, 0.1) is 13.8 Å². The van der Waals surface area contributed by atoms with Crippen LogP contribution in [0.4, 0.5) is 10.7 Å². The molecule has 0 spiro atoms. The fraction of sp³-hybridized carbons (Fsp3) is 0.243. The van der Waals surface area contributed by atoms with Crippen molar-refractivity contribution in [3.8, 4) is 5.75 Å². The zero-order valence-corrected chi connectivity index (χ0v) is 25.1. The number of nitrogens with one attached hydrogen (secondary N) is 1. The molecular formula is C37H36N2O2S. The Morgan fingerprint density at radius 1 is 0.905 bits per heavy atom. The molecule has 212 valence electrons. The van der Waals surface area contributed by atoms with Crippen LogP contribution in [-0.2, 0) is 19.4 Å². The molecule has 0 atom stereocenters. The third-order valence-corrected chi connectivity index (χ3v) is 9.20. The highest BCUT2D eigenvalue weighted by Gasteiger charge is 2.25. The number of benzene rings is 4. The Labute approximate surface area is 252 Å². The largest absolute Gasteiger partial charge is 0.488 e. The second-order valence-electron chi connectivity index (χ2n) is 11.1. The van der Waals surface area contributed by atoms with Gasteiger partial charge in [0.2, 0.25) is 0 Å². The number of aryl methyl sites for hydroxylation is 3. The van der Waals surface area contributed by atoms with E-state index in [9.17, 15) is 4.79 Å². The Hall–Kier alpha value is -4.22. The number of nitrogens with zero attached hydrogens (tertiary/aromatic N) is 1. The van der Waals surface area contributed by atoms with Gasteiger partial charge < -0.3 is 10.1 Å². The van der Waals surface area contributed by atoms with Gasteiger partial charge in [-0.05, 0) is 84.7 Å². The first-order valence-electron chi connectivity index (χ1n) is 14.8. The predicted octanol–water partition coefficient (Wildman–Crippen LogP) is 9.76. The van der Waals surface area contributed by atoms with Gasteiger partial charge >= 0.3 is 0 Å². The molecule has 0 radical (unpaired) electrons. The second-order valence-corrected chi connectivity index (χ2v) is 12.2. The maximum Gasteiger partial charge on any atom is 0.259 e. The number of carbonyl (C=O) groups excluding carboxylic acids is 1. The number of amides is 1. The van der Waals surface area contributed by atoms with Crippen molar-refractivity contribution < 1.29 is 9.53 Å². The summed E-state index contributed by atoms with van der Waals surface area (Å²) in [7, 11) is 0. The topological polar surface area (TPSA) is 50.7 Å². The van der Waals surface area contributed by atoms with Crippen LogP contribution in [0.2, 0.25) is 0 Å². The fourth-order valence-corrected chi connectivity index (χ4v) is 6.91. The van der Waals surface area contributed by atoms with Gasteiger partial charge in [-0.2, -0.15) is 0 Å². The first-order valence-corrected chi connectivity index (χ1v) is 15.6. The maximum absolute atomic E-state index is 14.0. The smallest absolute Gasteiger partial charge is 0.259 e. The van der Waals surface area contributed by atoms with Crippen LogP contribution < -0.4 is 10.1 Å². The Morgan fingerprint density at radius 3 is 2.55 bits per heavy atom. The number of thiophene rings is 1. The Balaban J connectivity index is 1.40. The van der Waals surface area contributed by atoms with E-state index in [0.29, 0.717) is 6.61 Å². The zero-order valence-electron chi connectivity index (χ0n) is 24.3. The van der Waals surface area contributed by atoms with Crippen molar-refractivity contribution in [2.75, 3.05) is 5.32 Å². The van der Waals surface area contributed by atoms with E-state index in [4.69, 9.17) is 9.73 Å². The van der Waals surface area contributed by atoms with Crippen molar-refractivity contribution in [1.82, 2.24) is 0 Å². The molecule has 4 aromatic carbocycles. The number of hydrogen-bond acceptors (Lipinski definition) is 4. The van der Waals surface area contributed by atoms with Crippen LogP contribution in [0.15, 0.2) is 89.9 Å². The molecule has 0 fully saturated rings. The van der Waals surface area contributed by atoms with E-state index >= 15 is 0 Å². The normalized spacial score (nSPS) is 13.5. The lowest BCUT2D eigenvalue weighted by molar-refractivity contribution is 0.102. The summed E-state index contributed by atoms with van der Waals surface area (Å²) in [5.41, 5.74) is 6.95. The van der Waals surface area contributed by atoms with Crippen LogP contribution in [0.3, 0.4) is 0 Å². The Bertz CT molecular complexity index is 1750. The quantitative estimate of drug-likeness (QED) is 0.197. The van der Waals surface area contributed by atoms with Crippen LogP contribution in [-0.4, -0.2) is 12.1 Å². The monoisotopic (exact) mass is 572 g/mol. The Kier molecular flexibility index (Phi) is 8.47. The van der Waals surface area contributed by atoms with Crippen LogP contribution in [0.5, 0.6) is 5.75 Å². The molecule has 1 aliphatic carbocycles. The Morgan fingerprint density at radius 2 is 1.69 bits per heavy atom. The van der Waals surface area contributed by atoms with Gasteiger partial charge in [-0.3, -0.25) is 4.79 Å². The molecule has 6 rings (SSSR count). The average molecular weight is 573 g/mol. The van der Waals surface area contributed by atoms with Crippen LogP contribution >= 0.6 is 11.3 Å². The van der Waals surface area contributed by atoms with E-state index in [1.807, 2.05) is 62.5 Å². The van der Waals surface area contributed by atoms with Gasteiger partial charge in [0.15, 0.2) is 0 Å². The standard InChI is InChI=1S/C37H36N2O2S/c1-25-18-19-26(2)32(22-25)39-36(40)35-30-16-8-3-4-9-17-34(30)42-37(35)38-23-31-29-15-11-10-14-28(29)20-21-33(31)41-24-27-12-6-5-7-13-27/h5-7,10-15,18-23H,3-4,8-9,16-17,24H2,1-2H3,(H,39,40). The average Bonchev–Trinajstić information content (AvgIpc) is 3.33. The van der Waals surface area contributed by atoms with Gasteiger partial charge in [0, 0.05) is 22.3 Å². The molecule has 0 unspecified atom stereocenters. The molecule has 1 N–H and O–H groups in total.